The minimum Gasteiger partial charge on any atom is -0.294 e. The van der Waals surface area contributed by atoms with Crippen molar-refractivity contribution < 1.29 is 4.79 Å². The minimum absolute atomic E-state index is 0.0603. The maximum Gasteiger partial charge on any atom is 0.166 e. The van der Waals surface area contributed by atoms with E-state index in [2.05, 4.69) is 46.5 Å². The van der Waals surface area contributed by atoms with Crippen molar-refractivity contribution in [3.8, 4) is 0 Å². The van der Waals surface area contributed by atoms with E-state index in [0.29, 0.717) is 6.42 Å². The van der Waals surface area contributed by atoms with Gasteiger partial charge in [0.05, 0.1) is 5.70 Å². The maximum absolute atomic E-state index is 11.9. The highest BCUT2D eigenvalue weighted by molar-refractivity contribution is 6.06. The SMILES string of the molecule is CC(C)(C)C1=C(C(C)(C)C)C(=O)CC=N1. The normalized spacial score (nSPS) is 18.7. The zero-order chi connectivity index (χ0) is 11.9. The van der Waals surface area contributed by atoms with Gasteiger partial charge in [0.15, 0.2) is 5.78 Å². The molecule has 0 radical (unpaired) electrons. The Hall–Kier alpha value is -0.920. The van der Waals surface area contributed by atoms with Gasteiger partial charge in [-0.05, 0) is 5.41 Å². The summed E-state index contributed by atoms with van der Waals surface area (Å²) in [5.74, 6) is 0.224. The molecule has 1 heterocycles. The van der Waals surface area contributed by atoms with E-state index in [1.165, 1.54) is 0 Å². The molecular formula is C13H21NO. The molecule has 0 fully saturated rings. The molecule has 0 aliphatic carbocycles. The van der Waals surface area contributed by atoms with Gasteiger partial charge in [0, 0.05) is 23.6 Å². The fourth-order valence-corrected chi connectivity index (χ4v) is 1.86. The monoisotopic (exact) mass is 207 g/mol. The largest absolute Gasteiger partial charge is 0.294 e. The van der Waals surface area contributed by atoms with Crippen molar-refractivity contribution in [1.29, 1.82) is 0 Å². The lowest BCUT2D eigenvalue weighted by Crippen LogP contribution is -2.27. The second-order valence-electron chi connectivity index (χ2n) is 6.16. The van der Waals surface area contributed by atoms with Gasteiger partial charge in [0.25, 0.3) is 0 Å². The number of hydrogen-bond donors (Lipinski definition) is 0. The topological polar surface area (TPSA) is 29.4 Å². The Morgan fingerprint density at radius 3 is 1.93 bits per heavy atom. The second-order valence-corrected chi connectivity index (χ2v) is 6.16. The molecule has 0 saturated heterocycles. The summed E-state index contributed by atoms with van der Waals surface area (Å²) in [6, 6.07) is 0. The Labute approximate surface area is 92.5 Å². The first-order valence-corrected chi connectivity index (χ1v) is 5.45. The number of aliphatic imine (C=N–C) groups is 1. The smallest absolute Gasteiger partial charge is 0.166 e. The van der Waals surface area contributed by atoms with Crippen molar-refractivity contribution in [3.63, 3.8) is 0 Å². The molecule has 2 heteroatoms. The van der Waals surface area contributed by atoms with Crippen LogP contribution in [0.2, 0.25) is 0 Å². The summed E-state index contributed by atoms with van der Waals surface area (Å²) in [7, 11) is 0. The van der Waals surface area contributed by atoms with Gasteiger partial charge in [-0.1, -0.05) is 41.5 Å². The van der Waals surface area contributed by atoms with Crippen LogP contribution in [0.1, 0.15) is 48.0 Å². The molecule has 1 aliphatic rings. The third kappa shape index (κ3) is 2.55. The maximum atomic E-state index is 11.9. The van der Waals surface area contributed by atoms with E-state index >= 15 is 0 Å². The Morgan fingerprint density at radius 1 is 1.07 bits per heavy atom. The molecule has 0 spiro atoms. The van der Waals surface area contributed by atoms with E-state index in [-0.39, 0.29) is 16.6 Å². The van der Waals surface area contributed by atoms with Crippen molar-refractivity contribution in [2.75, 3.05) is 0 Å². The molecule has 1 rings (SSSR count). The lowest BCUT2D eigenvalue weighted by Gasteiger charge is -2.31. The minimum atomic E-state index is -0.114. The van der Waals surface area contributed by atoms with E-state index in [4.69, 9.17) is 0 Å². The first-order valence-electron chi connectivity index (χ1n) is 5.45. The van der Waals surface area contributed by atoms with Crippen LogP contribution in [-0.4, -0.2) is 12.0 Å². The van der Waals surface area contributed by atoms with Crippen LogP contribution in [0.4, 0.5) is 0 Å². The number of carbonyl (C=O) groups is 1. The number of rotatable bonds is 0. The summed E-state index contributed by atoms with van der Waals surface area (Å²) in [5, 5.41) is 0. The lowest BCUT2D eigenvalue weighted by molar-refractivity contribution is -0.115. The van der Waals surface area contributed by atoms with Gasteiger partial charge in [-0.25, -0.2) is 0 Å². The van der Waals surface area contributed by atoms with Crippen LogP contribution in [-0.2, 0) is 4.79 Å². The average Bonchev–Trinajstić information content (AvgIpc) is 1.99. The third-order valence-corrected chi connectivity index (χ3v) is 2.47. The highest BCUT2D eigenvalue weighted by atomic mass is 16.1. The Kier molecular flexibility index (Phi) is 2.90. The predicted octanol–water partition coefficient (Wildman–Crippen LogP) is 3.38. The van der Waals surface area contributed by atoms with Gasteiger partial charge in [0.1, 0.15) is 0 Å². The lowest BCUT2D eigenvalue weighted by atomic mass is 9.75. The van der Waals surface area contributed by atoms with Gasteiger partial charge in [-0.3, -0.25) is 9.79 Å². The number of nitrogens with zero attached hydrogens (tertiary/aromatic N) is 1. The number of Topliss-reactive ketones (excluding diaryl/α,β-unsaturated/α-hetero) is 1. The molecule has 2 nitrogen and oxygen atoms in total. The third-order valence-electron chi connectivity index (χ3n) is 2.47. The van der Waals surface area contributed by atoms with E-state index in [1.807, 2.05) is 0 Å². The molecule has 0 aromatic rings. The van der Waals surface area contributed by atoms with Crippen LogP contribution in [0.3, 0.4) is 0 Å². The van der Waals surface area contributed by atoms with Gasteiger partial charge < -0.3 is 0 Å². The van der Waals surface area contributed by atoms with E-state index < -0.39 is 0 Å². The van der Waals surface area contributed by atoms with Crippen molar-refractivity contribution in [2.24, 2.45) is 15.8 Å². The van der Waals surface area contributed by atoms with Crippen LogP contribution >= 0.6 is 0 Å². The molecule has 0 unspecified atom stereocenters. The summed E-state index contributed by atoms with van der Waals surface area (Å²) in [4.78, 5) is 16.4. The molecule has 0 aromatic carbocycles. The molecule has 0 N–H and O–H groups in total. The summed E-state index contributed by atoms with van der Waals surface area (Å²) >= 11 is 0. The first-order chi connectivity index (χ1) is 6.64. The van der Waals surface area contributed by atoms with Crippen LogP contribution in [0.15, 0.2) is 16.3 Å². The van der Waals surface area contributed by atoms with Crippen molar-refractivity contribution in [1.82, 2.24) is 0 Å². The van der Waals surface area contributed by atoms with Crippen LogP contribution in [0.25, 0.3) is 0 Å². The molecule has 1 aliphatic heterocycles. The zero-order valence-corrected chi connectivity index (χ0v) is 10.6. The van der Waals surface area contributed by atoms with E-state index in [0.717, 1.165) is 11.3 Å². The predicted molar refractivity (Wildman–Crippen MR) is 64.1 cm³/mol. The summed E-state index contributed by atoms with van der Waals surface area (Å²) in [6.45, 7) is 12.5. The van der Waals surface area contributed by atoms with Gasteiger partial charge in [-0.2, -0.15) is 0 Å². The molecular weight excluding hydrogens is 186 g/mol. The van der Waals surface area contributed by atoms with Crippen LogP contribution < -0.4 is 0 Å². The van der Waals surface area contributed by atoms with Crippen molar-refractivity contribution in [2.45, 2.75) is 48.0 Å². The number of carbonyl (C=O) groups excluding carboxylic acids is 1. The molecule has 0 aromatic heterocycles. The van der Waals surface area contributed by atoms with Crippen LogP contribution in [0, 0.1) is 10.8 Å². The molecule has 0 atom stereocenters. The zero-order valence-electron chi connectivity index (χ0n) is 10.6. The van der Waals surface area contributed by atoms with Gasteiger partial charge in [0.2, 0.25) is 0 Å². The van der Waals surface area contributed by atoms with Crippen molar-refractivity contribution in [3.05, 3.63) is 11.3 Å². The summed E-state index contributed by atoms with van der Waals surface area (Å²) in [5.41, 5.74) is 1.68. The molecule has 0 bridgehead atoms. The second kappa shape index (κ2) is 3.58. The van der Waals surface area contributed by atoms with E-state index in [1.54, 1.807) is 6.21 Å². The van der Waals surface area contributed by atoms with Gasteiger partial charge >= 0.3 is 0 Å². The summed E-state index contributed by atoms with van der Waals surface area (Å²) < 4.78 is 0. The van der Waals surface area contributed by atoms with Crippen LogP contribution in [0.5, 0.6) is 0 Å². The van der Waals surface area contributed by atoms with Gasteiger partial charge in [-0.15, -0.1) is 0 Å². The quantitative estimate of drug-likeness (QED) is 0.598. The fourth-order valence-electron chi connectivity index (χ4n) is 1.86. The average molecular weight is 207 g/mol. The Morgan fingerprint density at radius 2 is 1.60 bits per heavy atom. The highest BCUT2D eigenvalue weighted by Crippen LogP contribution is 2.39. The molecule has 15 heavy (non-hydrogen) atoms. The number of hydrogen-bond acceptors (Lipinski definition) is 2. The van der Waals surface area contributed by atoms with E-state index in [9.17, 15) is 4.79 Å². The standard InChI is InChI=1S/C13H21NO/c1-12(2,3)10-9(15)7-8-14-11(10)13(4,5)6/h8H,7H2,1-6H3. The fraction of sp³-hybridized carbons (Fsp3) is 0.692. The molecule has 0 amide bonds. The Balaban J connectivity index is 3.37. The first kappa shape index (κ1) is 12.2. The molecule has 0 saturated carbocycles. The highest BCUT2D eigenvalue weighted by Gasteiger charge is 2.33. The molecule has 84 valence electrons. The number of allylic oxidation sites excluding steroid dienone is 2. The van der Waals surface area contributed by atoms with Crippen molar-refractivity contribution >= 4 is 12.0 Å². The summed E-state index contributed by atoms with van der Waals surface area (Å²) in [6.07, 6.45) is 2.18. The Bertz CT molecular complexity index is 335. The number of ketones is 1.